The molecule has 0 spiro atoms. The summed E-state index contributed by atoms with van der Waals surface area (Å²) in [7, 11) is -1.62. The van der Waals surface area contributed by atoms with Crippen LogP contribution in [0.5, 0.6) is 0 Å². The fraction of sp³-hybridized carbons (Fsp3) is 0.524. The van der Waals surface area contributed by atoms with Crippen LogP contribution < -0.4 is 10.6 Å². The van der Waals surface area contributed by atoms with Gasteiger partial charge in [-0.15, -0.1) is 11.3 Å². The van der Waals surface area contributed by atoms with Gasteiger partial charge in [0.25, 0.3) is 0 Å². The maximum Gasteiger partial charge on any atom is 0.243 e. The van der Waals surface area contributed by atoms with Crippen molar-refractivity contribution >= 4 is 27.3 Å². The van der Waals surface area contributed by atoms with Crippen LogP contribution in [-0.2, 0) is 16.4 Å². The van der Waals surface area contributed by atoms with Crippen LogP contribution in [0.15, 0.2) is 40.2 Å². The monoisotopic (exact) mass is 449 g/mol. The highest BCUT2D eigenvalue weighted by molar-refractivity contribution is 7.89. The standard InChI is InChI=1S/C21H31N5O2S2/c1-16-17(2)29-20(25-16)9-12-23-21(22-3)24-15-18-10-13-26(14-11-18)30(27,28)19-7-5-4-6-8-19/h4-8,18H,9-15H2,1-3H3,(H2,22,23,24). The summed E-state index contributed by atoms with van der Waals surface area (Å²) in [5, 5.41) is 7.86. The first kappa shape index (κ1) is 22.7. The normalized spacial score (nSPS) is 16.6. The van der Waals surface area contributed by atoms with Crippen LogP contribution in [0.3, 0.4) is 0 Å². The predicted molar refractivity (Wildman–Crippen MR) is 123 cm³/mol. The molecule has 30 heavy (non-hydrogen) atoms. The Kier molecular flexibility index (Phi) is 7.85. The SMILES string of the molecule is CN=C(NCCc1nc(C)c(C)s1)NCC1CCN(S(=O)(=O)c2ccccc2)CC1. The lowest BCUT2D eigenvalue weighted by Crippen LogP contribution is -2.44. The molecular weight excluding hydrogens is 418 g/mol. The third-order valence-corrected chi connectivity index (χ3v) is 8.49. The maximum absolute atomic E-state index is 12.7. The average Bonchev–Trinajstić information content (AvgIpc) is 3.08. The Bertz CT molecular complexity index is 930. The second-order valence-electron chi connectivity index (χ2n) is 7.54. The lowest BCUT2D eigenvalue weighted by molar-refractivity contribution is 0.273. The zero-order valence-corrected chi connectivity index (χ0v) is 19.5. The molecule has 7 nitrogen and oxygen atoms in total. The fourth-order valence-corrected chi connectivity index (χ4v) is 5.92. The number of sulfonamides is 1. The van der Waals surface area contributed by atoms with E-state index in [1.807, 2.05) is 13.0 Å². The lowest BCUT2D eigenvalue weighted by Gasteiger charge is -2.31. The van der Waals surface area contributed by atoms with Gasteiger partial charge in [-0.3, -0.25) is 4.99 Å². The van der Waals surface area contributed by atoms with E-state index in [9.17, 15) is 8.42 Å². The van der Waals surface area contributed by atoms with Gasteiger partial charge in [0.1, 0.15) is 0 Å². The number of guanidine groups is 1. The van der Waals surface area contributed by atoms with Crippen molar-refractivity contribution in [2.24, 2.45) is 10.9 Å². The number of aliphatic imine (C=N–C) groups is 1. The number of thiazole rings is 1. The van der Waals surface area contributed by atoms with E-state index in [0.717, 1.165) is 49.0 Å². The number of piperidine rings is 1. The summed E-state index contributed by atoms with van der Waals surface area (Å²) in [6.07, 6.45) is 2.55. The number of aromatic nitrogens is 1. The quantitative estimate of drug-likeness (QED) is 0.501. The van der Waals surface area contributed by atoms with Crippen molar-refractivity contribution in [3.63, 3.8) is 0 Å². The molecule has 0 amide bonds. The number of aryl methyl sites for hydroxylation is 2. The molecule has 1 aromatic carbocycles. The largest absolute Gasteiger partial charge is 0.356 e. The molecule has 1 aromatic heterocycles. The first-order valence-electron chi connectivity index (χ1n) is 10.3. The molecule has 0 atom stereocenters. The van der Waals surface area contributed by atoms with Crippen LogP contribution in [-0.4, -0.2) is 56.9 Å². The molecule has 2 heterocycles. The van der Waals surface area contributed by atoms with Crippen LogP contribution in [0.4, 0.5) is 0 Å². The van der Waals surface area contributed by atoms with Crippen molar-refractivity contribution in [3.8, 4) is 0 Å². The van der Waals surface area contributed by atoms with Crippen molar-refractivity contribution in [1.82, 2.24) is 19.9 Å². The van der Waals surface area contributed by atoms with Gasteiger partial charge in [0, 0.05) is 44.5 Å². The summed E-state index contributed by atoms with van der Waals surface area (Å²) in [5.41, 5.74) is 1.11. The molecule has 2 N–H and O–H groups in total. The highest BCUT2D eigenvalue weighted by atomic mass is 32.2. The zero-order chi connectivity index (χ0) is 21.6. The highest BCUT2D eigenvalue weighted by Gasteiger charge is 2.29. The summed E-state index contributed by atoms with van der Waals surface area (Å²) in [6, 6.07) is 8.68. The molecule has 1 saturated heterocycles. The first-order chi connectivity index (χ1) is 14.4. The van der Waals surface area contributed by atoms with E-state index in [4.69, 9.17) is 0 Å². The van der Waals surface area contributed by atoms with Crippen LogP contribution >= 0.6 is 11.3 Å². The van der Waals surface area contributed by atoms with E-state index in [-0.39, 0.29) is 0 Å². The van der Waals surface area contributed by atoms with E-state index >= 15 is 0 Å². The van der Waals surface area contributed by atoms with Gasteiger partial charge in [-0.05, 0) is 44.7 Å². The molecule has 1 fully saturated rings. The molecule has 9 heteroatoms. The molecule has 0 radical (unpaired) electrons. The third-order valence-electron chi connectivity index (χ3n) is 5.44. The Morgan fingerprint density at radius 2 is 1.90 bits per heavy atom. The molecule has 3 rings (SSSR count). The second-order valence-corrected chi connectivity index (χ2v) is 10.8. The number of hydrogen-bond acceptors (Lipinski definition) is 5. The molecular formula is C21H31N5O2S2. The molecule has 2 aromatic rings. The Labute approximate surface area is 183 Å². The summed E-state index contributed by atoms with van der Waals surface area (Å²) in [4.78, 5) is 10.5. The predicted octanol–water partition coefficient (Wildman–Crippen LogP) is 2.57. The van der Waals surface area contributed by atoms with E-state index in [2.05, 4.69) is 27.5 Å². The van der Waals surface area contributed by atoms with Crippen molar-refractivity contribution in [2.45, 2.75) is 38.0 Å². The smallest absolute Gasteiger partial charge is 0.243 e. The average molecular weight is 450 g/mol. The van der Waals surface area contributed by atoms with Gasteiger partial charge in [-0.1, -0.05) is 18.2 Å². The Morgan fingerprint density at radius 3 is 2.50 bits per heavy atom. The fourth-order valence-electron chi connectivity index (χ4n) is 3.49. The summed E-state index contributed by atoms with van der Waals surface area (Å²) in [6.45, 7) is 6.81. The molecule has 1 aliphatic heterocycles. The van der Waals surface area contributed by atoms with Crippen molar-refractivity contribution in [1.29, 1.82) is 0 Å². The van der Waals surface area contributed by atoms with Crippen molar-refractivity contribution in [2.75, 3.05) is 33.2 Å². The number of nitrogens with zero attached hydrogens (tertiary/aromatic N) is 3. The minimum Gasteiger partial charge on any atom is -0.356 e. The minimum atomic E-state index is -3.39. The van der Waals surface area contributed by atoms with Crippen LogP contribution in [0, 0.1) is 19.8 Å². The molecule has 0 saturated carbocycles. The molecule has 0 unspecified atom stereocenters. The Hall–Kier alpha value is -1.97. The van der Waals surface area contributed by atoms with Crippen molar-refractivity contribution < 1.29 is 8.42 Å². The first-order valence-corrected chi connectivity index (χ1v) is 12.6. The van der Waals surface area contributed by atoms with Gasteiger partial charge in [0.15, 0.2) is 5.96 Å². The van der Waals surface area contributed by atoms with Gasteiger partial charge in [0.05, 0.1) is 15.6 Å². The number of rotatable bonds is 7. The Morgan fingerprint density at radius 1 is 1.20 bits per heavy atom. The van der Waals surface area contributed by atoms with E-state index in [1.54, 1.807) is 47.0 Å². The van der Waals surface area contributed by atoms with Gasteiger partial charge in [-0.25, -0.2) is 13.4 Å². The van der Waals surface area contributed by atoms with Crippen molar-refractivity contribution in [3.05, 3.63) is 45.9 Å². The van der Waals surface area contributed by atoms with Crippen LogP contribution in [0.2, 0.25) is 0 Å². The second kappa shape index (κ2) is 10.4. The minimum absolute atomic E-state index is 0.372. The van der Waals surface area contributed by atoms with E-state index < -0.39 is 10.0 Å². The summed E-state index contributed by atoms with van der Waals surface area (Å²) in [5.74, 6) is 1.20. The van der Waals surface area contributed by atoms with Gasteiger partial charge in [-0.2, -0.15) is 4.31 Å². The summed E-state index contributed by atoms with van der Waals surface area (Å²) < 4.78 is 27.1. The molecule has 164 valence electrons. The van der Waals surface area contributed by atoms with E-state index in [1.165, 1.54) is 4.88 Å². The molecule has 0 aliphatic carbocycles. The highest BCUT2D eigenvalue weighted by Crippen LogP contribution is 2.23. The van der Waals surface area contributed by atoms with Gasteiger partial charge in [0.2, 0.25) is 10.0 Å². The van der Waals surface area contributed by atoms with Crippen LogP contribution in [0.1, 0.15) is 28.4 Å². The number of benzene rings is 1. The maximum atomic E-state index is 12.7. The number of nitrogens with one attached hydrogen (secondary N) is 2. The van der Waals surface area contributed by atoms with Crippen LogP contribution in [0.25, 0.3) is 0 Å². The molecule has 1 aliphatic rings. The Balaban J connectivity index is 1.41. The number of hydrogen-bond donors (Lipinski definition) is 2. The zero-order valence-electron chi connectivity index (χ0n) is 17.9. The lowest BCUT2D eigenvalue weighted by atomic mass is 9.98. The van der Waals surface area contributed by atoms with Gasteiger partial charge >= 0.3 is 0 Å². The molecule has 0 bridgehead atoms. The van der Waals surface area contributed by atoms with E-state index in [0.29, 0.717) is 23.9 Å². The summed E-state index contributed by atoms with van der Waals surface area (Å²) >= 11 is 1.75. The van der Waals surface area contributed by atoms with Gasteiger partial charge < -0.3 is 10.6 Å². The topological polar surface area (TPSA) is 86.7 Å². The third kappa shape index (κ3) is 5.80.